The number of alkyl halides is 3. The van der Waals surface area contributed by atoms with Crippen molar-refractivity contribution in [2.75, 3.05) is 5.32 Å². The van der Waals surface area contributed by atoms with Crippen LogP contribution in [0.3, 0.4) is 0 Å². The molecule has 1 heterocycles. The summed E-state index contributed by atoms with van der Waals surface area (Å²) in [6, 6.07) is 8.71. The van der Waals surface area contributed by atoms with Gasteiger partial charge in [0.25, 0.3) is 0 Å². The number of carbonyl (C=O) groups is 2. The molecule has 0 bridgehead atoms. The zero-order valence-electron chi connectivity index (χ0n) is 15.9. The molecule has 1 atom stereocenters. The molecule has 5 nitrogen and oxygen atoms in total. The Morgan fingerprint density at radius 3 is 2.60 bits per heavy atom. The fourth-order valence-corrected chi connectivity index (χ4v) is 3.92. The topological polar surface area (TPSA) is 70.6 Å². The zero-order chi connectivity index (χ0) is 22.1. The number of halogens is 4. The monoisotopic (exact) mass is 455 g/mol. The summed E-state index contributed by atoms with van der Waals surface area (Å²) in [6.45, 7) is 3.93. The molecule has 0 spiro atoms. The van der Waals surface area contributed by atoms with Gasteiger partial charge in [-0.25, -0.2) is 4.99 Å². The van der Waals surface area contributed by atoms with E-state index in [1.54, 1.807) is 0 Å². The number of aryl methyl sites for hydroxylation is 2. The van der Waals surface area contributed by atoms with Crippen LogP contribution in [0.2, 0.25) is 5.02 Å². The molecule has 1 saturated heterocycles. The van der Waals surface area contributed by atoms with Crippen LogP contribution in [0.5, 0.6) is 0 Å². The van der Waals surface area contributed by atoms with Crippen LogP contribution in [-0.2, 0) is 15.8 Å². The van der Waals surface area contributed by atoms with Crippen LogP contribution in [0.1, 0.15) is 23.1 Å². The number of amidine groups is 1. The van der Waals surface area contributed by atoms with Crippen molar-refractivity contribution < 1.29 is 22.8 Å². The molecule has 2 aromatic carbocycles. The second-order valence-electron chi connectivity index (χ2n) is 6.73. The van der Waals surface area contributed by atoms with E-state index in [1.165, 1.54) is 6.07 Å². The molecular weight excluding hydrogens is 439 g/mol. The van der Waals surface area contributed by atoms with Gasteiger partial charge < -0.3 is 10.6 Å². The van der Waals surface area contributed by atoms with E-state index < -0.39 is 27.9 Å². The number of amides is 2. The predicted octanol–water partition coefficient (Wildman–Crippen LogP) is 5.22. The van der Waals surface area contributed by atoms with E-state index in [4.69, 9.17) is 11.6 Å². The highest BCUT2D eigenvalue weighted by Crippen LogP contribution is 2.36. The Balaban J connectivity index is 1.65. The van der Waals surface area contributed by atoms with Crippen molar-refractivity contribution in [1.29, 1.82) is 0 Å². The summed E-state index contributed by atoms with van der Waals surface area (Å²) in [5.41, 5.74) is 1.75. The van der Waals surface area contributed by atoms with Crippen LogP contribution in [0.25, 0.3) is 0 Å². The quantitative estimate of drug-likeness (QED) is 0.663. The van der Waals surface area contributed by atoms with E-state index in [2.05, 4.69) is 15.6 Å². The highest BCUT2D eigenvalue weighted by Gasteiger charge is 2.34. The molecule has 2 aromatic rings. The molecule has 1 unspecified atom stereocenters. The van der Waals surface area contributed by atoms with Crippen LogP contribution in [0, 0.1) is 13.8 Å². The summed E-state index contributed by atoms with van der Waals surface area (Å²) in [5, 5.41) is 4.17. The first-order valence-electron chi connectivity index (χ1n) is 8.83. The first-order chi connectivity index (χ1) is 14.0. The van der Waals surface area contributed by atoms with E-state index in [0.29, 0.717) is 10.9 Å². The minimum atomic E-state index is -4.64. The van der Waals surface area contributed by atoms with Crippen LogP contribution in [-0.4, -0.2) is 22.2 Å². The number of benzene rings is 2. The first-order valence-corrected chi connectivity index (χ1v) is 10.1. The normalized spacial score (nSPS) is 17.9. The maximum Gasteiger partial charge on any atom is 0.417 e. The van der Waals surface area contributed by atoms with Gasteiger partial charge in [0.2, 0.25) is 11.8 Å². The molecule has 0 aliphatic carbocycles. The Morgan fingerprint density at radius 1 is 1.20 bits per heavy atom. The van der Waals surface area contributed by atoms with Gasteiger partial charge in [-0.15, -0.1) is 0 Å². The predicted molar refractivity (Wildman–Crippen MR) is 112 cm³/mol. The summed E-state index contributed by atoms with van der Waals surface area (Å²) < 4.78 is 38.8. The molecule has 10 heteroatoms. The molecule has 2 N–H and O–H groups in total. The molecule has 0 aromatic heterocycles. The number of aliphatic imine (C=N–C) groups is 1. The number of carbonyl (C=O) groups excluding carboxylic acids is 2. The second-order valence-corrected chi connectivity index (χ2v) is 8.32. The third-order valence-electron chi connectivity index (χ3n) is 4.42. The molecule has 3 rings (SSSR count). The maximum atomic E-state index is 12.9. The van der Waals surface area contributed by atoms with Crippen molar-refractivity contribution in [2.24, 2.45) is 4.99 Å². The van der Waals surface area contributed by atoms with Crippen molar-refractivity contribution in [3.05, 3.63) is 58.1 Å². The molecule has 158 valence electrons. The lowest BCUT2D eigenvalue weighted by atomic mass is 10.1. The van der Waals surface area contributed by atoms with E-state index >= 15 is 0 Å². The first kappa shape index (κ1) is 22.2. The standard InChI is InChI=1S/C20H17ClF3N3O2S/c1-10-3-4-12(7-11(10)2)26-19-27-18(29)16(30-19)9-17(28)25-13-5-6-15(21)14(8-13)20(22,23)24/h3-8,16H,9H2,1-2H3,(H,25,28)(H,26,27,29). The molecule has 1 aliphatic heterocycles. The molecule has 1 aliphatic rings. The van der Waals surface area contributed by atoms with E-state index in [0.717, 1.165) is 35.0 Å². The van der Waals surface area contributed by atoms with Crippen molar-refractivity contribution in [2.45, 2.75) is 31.7 Å². The summed E-state index contributed by atoms with van der Waals surface area (Å²) >= 11 is 6.67. The van der Waals surface area contributed by atoms with Crippen molar-refractivity contribution in [3.8, 4) is 0 Å². The number of rotatable bonds is 4. The van der Waals surface area contributed by atoms with Crippen LogP contribution >= 0.6 is 23.4 Å². The Labute approximate surface area is 180 Å². The summed E-state index contributed by atoms with van der Waals surface area (Å²) in [4.78, 5) is 28.8. The van der Waals surface area contributed by atoms with Crippen molar-refractivity contribution in [1.82, 2.24) is 5.32 Å². The lowest BCUT2D eigenvalue weighted by Crippen LogP contribution is -2.28. The minimum Gasteiger partial charge on any atom is -0.326 e. The molecule has 0 saturated carbocycles. The Kier molecular flexibility index (Phi) is 6.42. The zero-order valence-corrected chi connectivity index (χ0v) is 17.5. The smallest absolute Gasteiger partial charge is 0.326 e. The largest absolute Gasteiger partial charge is 0.417 e. The van der Waals surface area contributed by atoms with E-state index in [9.17, 15) is 22.8 Å². The Hall–Kier alpha value is -2.52. The summed E-state index contributed by atoms with van der Waals surface area (Å²) in [7, 11) is 0. The SMILES string of the molecule is Cc1ccc(N=C2NC(=O)C(CC(=O)Nc3ccc(Cl)c(C(F)(F)F)c3)S2)cc1C. The lowest BCUT2D eigenvalue weighted by Gasteiger charge is -2.12. The number of anilines is 1. The van der Waals surface area contributed by atoms with Gasteiger partial charge in [-0.1, -0.05) is 29.4 Å². The van der Waals surface area contributed by atoms with Gasteiger partial charge in [-0.2, -0.15) is 13.2 Å². The number of hydrogen-bond donors (Lipinski definition) is 2. The molecule has 30 heavy (non-hydrogen) atoms. The average Bonchev–Trinajstić information content (AvgIpc) is 2.97. The van der Waals surface area contributed by atoms with E-state index in [-0.39, 0.29) is 18.0 Å². The molecular formula is C20H17ClF3N3O2S. The van der Waals surface area contributed by atoms with Crippen LogP contribution in [0.4, 0.5) is 24.5 Å². The summed E-state index contributed by atoms with van der Waals surface area (Å²) in [5.74, 6) is -0.977. The average molecular weight is 456 g/mol. The molecule has 0 radical (unpaired) electrons. The highest BCUT2D eigenvalue weighted by molar-refractivity contribution is 8.15. The third kappa shape index (κ3) is 5.34. The van der Waals surface area contributed by atoms with Gasteiger partial charge in [0.1, 0.15) is 5.25 Å². The fraction of sp³-hybridized carbons (Fsp3) is 0.250. The van der Waals surface area contributed by atoms with Gasteiger partial charge in [0.05, 0.1) is 16.3 Å². The summed E-state index contributed by atoms with van der Waals surface area (Å²) in [6.07, 6.45) is -4.86. The van der Waals surface area contributed by atoms with Crippen LogP contribution < -0.4 is 10.6 Å². The Morgan fingerprint density at radius 2 is 1.93 bits per heavy atom. The van der Waals surface area contributed by atoms with Gasteiger partial charge in [0, 0.05) is 12.1 Å². The Bertz CT molecular complexity index is 1040. The van der Waals surface area contributed by atoms with Crippen molar-refractivity contribution in [3.63, 3.8) is 0 Å². The molecule has 1 fully saturated rings. The van der Waals surface area contributed by atoms with Gasteiger partial charge in [-0.3, -0.25) is 9.59 Å². The number of hydrogen-bond acceptors (Lipinski definition) is 4. The van der Waals surface area contributed by atoms with Gasteiger partial charge >= 0.3 is 6.18 Å². The fourth-order valence-electron chi connectivity index (χ4n) is 2.71. The number of nitrogens with zero attached hydrogens (tertiary/aromatic N) is 1. The van der Waals surface area contributed by atoms with Gasteiger partial charge in [-0.05, 0) is 55.3 Å². The van der Waals surface area contributed by atoms with Crippen molar-refractivity contribution >= 4 is 51.7 Å². The van der Waals surface area contributed by atoms with Gasteiger partial charge in [0.15, 0.2) is 5.17 Å². The third-order valence-corrected chi connectivity index (χ3v) is 5.84. The second kappa shape index (κ2) is 8.69. The maximum absolute atomic E-state index is 12.9. The van der Waals surface area contributed by atoms with E-state index in [1.807, 2.05) is 32.0 Å². The highest BCUT2D eigenvalue weighted by atomic mass is 35.5. The van der Waals surface area contributed by atoms with Crippen LogP contribution in [0.15, 0.2) is 41.4 Å². The number of thioether (sulfide) groups is 1. The minimum absolute atomic E-state index is 0.0517. The number of nitrogens with one attached hydrogen (secondary N) is 2. The lowest BCUT2D eigenvalue weighted by molar-refractivity contribution is -0.137. The molecule has 2 amide bonds.